The van der Waals surface area contributed by atoms with E-state index in [9.17, 15) is 19.7 Å². The highest BCUT2D eigenvalue weighted by Crippen LogP contribution is 2.25. The maximum Gasteiger partial charge on any atom is 0.288 e. The number of halogens is 1. The van der Waals surface area contributed by atoms with Crippen molar-refractivity contribution in [1.29, 1.82) is 0 Å². The number of nitro groups is 1. The minimum atomic E-state index is -0.614. The van der Waals surface area contributed by atoms with Crippen molar-refractivity contribution in [2.24, 2.45) is 0 Å². The second-order valence-electron chi connectivity index (χ2n) is 3.47. The van der Waals surface area contributed by atoms with Crippen molar-refractivity contribution in [3.8, 4) is 0 Å². The van der Waals surface area contributed by atoms with E-state index in [1.165, 1.54) is 31.2 Å². The molecule has 0 aliphatic heterocycles. The highest BCUT2D eigenvalue weighted by atomic mass is 35.5. The molecule has 2 amide bonds. The predicted octanol–water partition coefficient (Wildman–Crippen LogP) is 1.43. The van der Waals surface area contributed by atoms with Crippen LogP contribution in [-0.2, 0) is 9.59 Å². The highest BCUT2D eigenvalue weighted by molar-refractivity contribution is 6.32. The summed E-state index contributed by atoms with van der Waals surface area (Å²) in [4.78, 5) is 31.8. The van der Waals surface area contributed by atoms with Gasteiger partial charge in [0.05, 0.1) is 4.92 Å². The molecule has 0 unspecified atom stereocenters. The summed E-state index contributed by atoms with van der Waals surface area (Å²) in [5.41, 5.74) is 4.41. The Morgan fingerprint density at radius 3 is 2.63 bits per heavy atom. The average molecular weight is 284 g/mol. The topological polar surface area (TPSA) is 101 Å². The monoisotopic (exact) mass is 283 g/mol. The van der Waals surface area contributed by atoms with Crippen LogP contribution >= 0.6 is 11.6 Å². The van der Waals surface area contributed by atoms with E-state index in [0.717, 1.165) is 6.08 Å². The number of rotatable bonds is 3. The van der Waals surface area contributed by atoms with Gasteiger partial charge in [-0.3, -0.25) is 30.6 Å². The lowest BCUT2D eigenvalue weighted by Crippen LogP contribution is -2.39. The van der Waals surface area contributed by atoms with Crippen molar-refractivity contribution in [2.45, 2.75) is 6.92 Å². The normalized spacial score (nSPS) is 10.2. The van der Waals surface area contributed by atoms with E-state index in [2.05, 4.69) is 10.9 Å². The van der Waals surface area contributed by atoms with E-state index in [-0.39, 0.29) is 10.7 Å². The molecule has 0 saturated carbocycles. The minimum Gasteiger partial charge on any atom is -0.274 e. The van der Waals surface area contributed by atoms with Crippen molar-refractivity contribution in [3.05, 3.63) is 45.0 Å². The molecule has 0 aliphatic carbocycles. The Kier molecular flexibility index (Phi) is 5.01. The fourth-order valence-corrected chi connectivity index (χ4v) is 1.32. The van der Waals surface area contributed by atoms with Gasteiger partial charge in [0.15, 0.2) is 0 Å². The molecular formula is C11H10ClN3O4. The maximum absolute atomic E-state index is 11.2. The van der Waals surface area contributed by atoms with Crippen LogP contribution in [0.3, 0.4) is 0 Å². The molecule has 1 rings (SSSR count). The van der Waals surface area contributed by atoms with Gasteiger partial charge in [0, 0.05) is 19.1 Å². The SMILES string of the molecule is CC(=O)NNC(=O)C=Cc1ccc(Cl)c([N+](=O)[O-])c1. The van der Waals surface area contributed by atoms with Crippen LogP contribution < -0.4 is 10.9 Å². The zero-order chi connectivity index (χ0) is 14.4. The highest BCUT2D eigenvalue weighted by Gasteiger charge is 2.11. The molecule has 8 heteroatoms. The number of nitro benzene ring substituents is 1. The summed E-state index contributed by atoms with van der Waals surface area (Å²) in [5, 5.41) is 10.7. The van der Waals surface area contributed by atoms with E-state index >= 15 is 0 Å². The zero-order valence-corrected chi connectivity index (χ0v) is 10.6. The predicted molar refractivity (Wildman–Crippen MR) is 69.1 cm³/mol. The van der Waals surface area contributed by atoms with Crippen LogP contribution in [0.15, 0.2) is 24.3 Å². The summed E-state index contributed by atoms with van der Waals surface area (Å²) in [7, 11) is 0. The van der Waals surface area contributed by atoms with Gasteiger partial charge in [-0.05, 0) is 17.7 Å². The molecule has 0 aliphatic rings. The second-order valence-corrected chi connectivity index (χ2v) is 3.88. The Hall–Kier alpha value is -2.41. The smallest absolute Gasteiger partial charge is 0.274 e. The quantitative estimate of drug-likeness (QED) is 0.498. The molecule has 100 valence electrons. The number of nitrogens with zero attached hydrogens (tertiary/aromatic N) is 1. The molecule has 0 saturated heterocycles. The first kappa shape index (κ1) is 14.7. The largest absolute Gasteiger partial charge is 0.288 e. The van der Waals surface area contributed by atoms with Crippen LogP contribution in [-0.4, -0.2) is 16.7 Å². The third-order valence-corrected chi connectivity index (χ3v) is 2.28. The van der Waals surface area contributed by atoms with Gasteiger partial charge in [-0.1, -0.05) is 17.7 Å². The summed E-state index contributed by atoms with van der Waals surface area (Å²) >= 11 is 5.65. The second kappa shape index (κ2) is 6.50. The molecule has 0 atom stereocenters. The number of amides is 2. The van der Waals surface area contributed by atoms with Gasteiger partial charge < -0.3 is 0 Å². The van der Waals surface area contributed by atoms with Crippen LogP contribution in [0, 0.1) is 10.1 Å². The van der Waals surface area contributed by atoms with Crippen LogP contribution in [0.5, 0.6) is 0 Å². The van der Waals surface area contributed by atoms with E-state index in [1.807, 2.05) is 0 Å². The first-order valence-electron chi connectivity index (χ1n) is 5.08. The zero-order valence-electron chi connectivity index (χ0n) is 9.84. The van der Waals surface area contributed by atoms with Gasteiger partial charge >= 0.3 is 0 Å². The lowest BCUT2D eigenvalue weighted by atomic mass is 10.2. The fraction of sp³-hybridized carbons (Fsp3) is 0.0909. The number of benzene rings is 1. The minimum absolute atomic E-state index is 0.0184. The van der Waals surface area contributed by atoms with Crippen LogP contribution in [0.25, 0.3) is 6.08 Å². The fourth-order valence-electron chi connectivity index (χ4n) is 1.14. The molecule has 0 heterocycles. The molecule has 0 fully saturated rings. The molecule has 2 N–H and O–H groups in total. The van der Waals surface area contributed by atoms with E-state index in [1.54, 1.807) is 0 Å². The first-order valence-corrected chi connectivity index (χ1v) is 5.46. The van der Waals surface area contributed by atoms with Gasteiger partial charge in [-0.15, -0.1) is 0 Å². The van der Waals surface area contributed by atoms with E-state index in [4.69, 9.17) is 11.6 Å². The van der Waals surface area contributed by atoms with Gasteiger partial charge in [-0.2, -0.15) is 0 Å². The number of carbonyl (C=O) groups is 2. The number of hydrogen-bond acceptors (Lipinski definition) is 4. The maximum atomic E-state index is 11.2. The van der Waals surface area contributed by atoms with E-state index in [0.29, 0.717) is 5.56 Å². The van der Waals surface area contributed by atoms with Crippen LogP contribution in [0.2, 0.25) is 5.02 Å². The lowest BCUT2D eigenvalue weighted by Gasteiger charge is -2.00. The summed E-state index contributed by atoms with van der Waals surface area (Å²) in [5.74, 6) is -0.975. The standard InChI is InChI=1S/C11H10ClN3O4/c1-7(16)13-14-11(17)5-3-8-2-4-9(12)10(6-8)15(18)19/h2-6H,1H3,(H,13,16)(H,14,17). The van der Waals surface area contributed by atoms with Gasteiger partial charge in [0.2, 0.25) is 5.91 Å². The Morgan fingerprint density at radius 1 is 1.37 bits per heavy atom. The summed E-state index contributed by atoms with van der Waals surface area (Å²) < 4.78 is 0. The number of carbonyl (C=O) groups excluding carboxylic acids is 2. The Balaban J connectivity index is 2.77. The summed E-state index contributed by atoms with van der Waals surface area (Å²) in [6.07, 6.45) is 2.49. The number of hydrogen-bond donors (Lipinski definition) is 2. The molecule has 1 aromatic rings. The van der Waals surface area contributed by atoms with Crippen molar-refractivity contribution in [1.82, 2.24) is 10.9 Å². The van der Waals surface area contributed by atoms with Gasteiger partial charge in [-0.25, -0.2) is 0 Å². The van der Waals surface area contributed by atoms with Crippen molar-refractivity contribution in [2.75, 3.05) is 0 Å². The molecule has 0 spiro atoms. The molecule has 19 heavy (non-hydrogen) atoms. The molecule has 7 nitrogen and oxygen atoms in total. The third-order valence-electron chi connectivity index (χ3n) is 1.96. The van der Waals surface area contributed by atoms with Crippen LogP contribution in [0.4, 0.5) is 5.69 Å². The lowest BCUT2D eigenvalue weighted by molar-refractivity contribution is -0.384. The van der Waals surface area contributed by atoms with Gasteiger partial charge in [0.25, 0.3) is 11.6 Å². The third kappa shape index (κ3) is 4.76. The Morgan fingerprint density at radius 2 is 2.05 bits per heavy atom. The first-order chi connectivity index (χ1) is 8.90. The average Bonchev–Trinajstić information content (AvgIpc) is 2.35. The molecule has 1 aromatic carbocycles. The van der Waals surface area contributed by atoms with Crippen molar-refractivity contribution >= 4 is 35.2 Å². The van der Waals surface area contributed by atoms with E-state index < -0.39 is 16.7 Å². The summed E-state index contributed by atoms with van der Waals surface area (Å²) in [6, 6.07) is 4.13. The van der Waals surface area contributed by atoms with Crippen LogP contribution in [0.1, 0.15) is 12.5 Å². The number of nitrogens with one attached hydrogen (secondary N) is 2. The molecular weight excluding hydrogens is 274 g/mol. The Labute approximate surface area is 113 Å². The summed E-state index contributed by atoms with van der Waals surface area (Å²) in [6.45, 7) is 1.24. The molecule has 0 aromatic heterocycles. The Bertz CT molecular complexity index is 557. The van der Waals surface area contributed by atoms with Crippen molar-refractivity contribution in [3.63, 3.8) is 0 Å². The molecule has 0 bridgehead atoms. The van der Waals surface area contributed by atoms with Crippen molar-refractivity contribution < 1.29 is 14.5 Å². The van der Waals surface area contributed by atoms with Gasteiger partial charge in [0.1, 0.15) is 5.02 Å². The molecule has 0 radical (unpaired) electrons. The number of hydrazine groups is 1.